The Morgan fingerprint density at radius 2 is 1.95 bits per heavy atom. The number of para-hydroxylation sites is 1. The van der Waals surface area contributed by atoms with Crippen LogP contribution in [0.5, 0.6) is 0 Å². The SMILES string of the molecule is CCN(CC)S(=O)(=O)CCNC(=O)c1n[nH]c2ccccc12. The molecule has 2 N–H and O–H groups in total. The molecule has 0 radical (unpaired) electrons. The van der Waals surface area contributed by atoms with Gasteiger partial charge < -0.3 is 5.32 Å². The number of nitrogens with zero attached hydrogens (tertiary/aromatic N) is 2. The molecule has 0 saturated heterocycles. The van der Waals surface area contributed by atoms with Crippen LogP contribution in [-0.2, 0) is 10.0 Å². The molecule has 0 fully saturated rings. The fourth-order valence-corrected chi connectivity index (χ4v) is 3.66. The van der Waals surface area contributed by atoms with E-state index in [1.807, 2.05) is 18.2 Å². The van der Waals surface area contributed by atoms with Crippen LogP contribution in [-0.4, -0.2) is 54.2 Å². The molecule has 2 rings (SSSR count). The van der Waals surface area contributed by atoms with Crippen LogP contribution in [0.15, 0.2) is 24.3 Å². The molecule has 0 unspecified atom stereocenters. The van der Waals surface area contributed by atoms with Crippen LogP contribution in [0.4, 0.5) is 0 Å². The van der Waals surface area contributed by atoms with E-state index in [0.29, 0.717) is 18.5 Å². The summed E-state index contributed by atoms with van der Waals surface area (Å²) >= 11 is 0. The first-order valence-corrected chi connectivity index (χ1v) is 8.79. The summed E-state index contributed by atoms with van der Waals surface area (Å²) in [5.41, 5.74) is 1.04. The maximum Gasteiger partial charge on any atom is 0.272 e. The number of hydrogen-bond acceptors (Lipinski definition) is 4. The molecule has 0 aliphatic carbocycles. The first-order chi connectivity index (χ1) is 10.5. The molecule has 0 saturated carbocycles. The van der Waals surface area contributed by atoms with Gasteiger partial charge in [-0.15, -0.1) is 0 Å². The second-order valence-electron chi connectivity index (χ2n) is 4.77. The van der Waals surface area contributed by atoms with Gasteiger partial charge in [0.25, 0.3) is 5.91 Å². The second-order valence-corrected chi connectivity index (χ2v) is 6.86. The second kappa shape index (κ2) is 6.89. The third kappa shape index (κ3) is 3.45. The lowest BCUT2D eigenvalue weighted by atomic mass is 10.2. The summed E-state index contributed by atoms with van der Waals surface area (Å²) in [5.74, 6) is -0.504. The van der Waals surface area contributed by atoms with Gasteiger partial charge in [-0.1, -0.05) is 32.0 Å². The molecule has 7 nitrogen and oxygen atoms in total. The summed E-state index contributed by atoms with van der Waals surface area (Å²) in [6, 6.07) is 7.28. The van der Waals surface area contributed by atoms with Crippen molar-refractivity contribution in [3.05, 3.63) is 30.0 Å². The summed E-state index contributed by atoms with van der Waals surface area (Å²) in [7, 11) is -3.34. The van der Waals surface area contributed by atoms with E-state index in [2.05, 4.69) is 15.5 Å². The van der Waals surface area contributed by atoms with E-state index in [1.165, 1.54) is 4.31 Å². The van der Waals surface area contributed by atoms with Gasteiger partial charge in [0.2, 0.25) is 10.0 Å². The van der Waals surface area contributed by atoms with Crippen LogP contribution in [0.1, 0.15) is 24.3 Å². The topological polar surface area (TPSA) is 95.2 Å². The number of aromatic nitrogens is 2. The van der Waals surface area contributed by atoms with E-state index in [1.54, 1.807) is 19.9 Å². The van der Waals surface area contributed by atoms with Crippen molar-refractivity contribution >= 4 is 26.8 Å². The predicted molar refractivity (Wildman–Crippen MR) is 85.1 cm³/mol. The zero-order chi connectivity index (χ0) is 16.2. The Kier molecular flexibility index (Phi) is 5.15. The van der Waals surface area contributed by atoms with Crippen molar-refractivity contribution in [2.75, 3.05) is 25.4 Å². The molecule has 1 aromatic heterocycles. The number of nitrogens with one attached hydrogen (secondary N) is 2. The summed E-state index contributed by atoms with van der Waals surface area (Å²) < 4.78 is 25.4. The van der Waals surface area contributed by atoms with E-state index in [0.717, 1.165) is 5.52 Å². The Morgan fingerprint density at radius 3 is 2.64 bits per heavy atom. The standard InChI is InChI=1S/C14H20N4O3S/c1-3-18(4-2)22(20,21)10-9-15-14(19)13-11-7-5-6-8-12(11)16-17-13/h5-8H,3-4,9-10H2,1-2H3,(H,15,19)(H,16,17). The summed E-state index contributed by atoms with van der Waals surface area (Å²) in [4.78, 5) is 12.1. The van der Waals surface area contributed by atoms with Crippen LogP contribution in [0, 0.1) is 0 Å². The molecule has 0 aliphatic rings. The Hall–Kier alpha value is -1.93. The third-order valence-electron chi connectivity index (χ3n) is 3.43. The Morgan fingerprint density at radius 1 is 1.27 bits per heavy atom. The van der Waals surface area contributed by atoms with Gasteiger partial charge in [-0.05, 0) is 6.07 Å². The maximum absolute atomic E-state index is 12.1. The minimum absolute atomic E-state index is 0.0544. The van der Waals surface area contributed by atoms with Crippen molar-refractivity contribution in [3.63, 3.8) is 0 Å². The van der Waals surface area contributed by atoms with Crippen molar-refractivity contribution in [2.45, 2.75) is 13.8 Å². The lowest BCUT2D eigenvalue weighted by Crippen LogP contribution is -2.37. The van der Waals surface area contributed by atoms with Gasteiger partial charge in [0.15, 0.2) is 5.69 Å². The molecule has 0 atom stereocenters. The number of carbonyl (C=O) groups excluding carboxylic acids is 1. The van der Waals surface area contributed by atoms with Gasteiger partial charge in [-0.3, -0.25) is 9.89 Å². The third-order valence-corrected chi connectivity index (χ3v) is 5.45. The normalized spacial score (nSPS) is 12.0. The molecule has 1 heterocycles. The van der Waals surface area contributed by atoms with Crippen molar-refractivity contribution in [2.24, 2.45) is 0 Å². The molecule has 0 bridgehead atoms. The number of sulfonamides is 1. The average molecular weight is 324 g/mol. The van der Waals surface area contributed by atoms with Gasteiger partial charge in [-0.25, -0.2) is 12.7 Å². The average Bonchev–Trinajstić information content (AvgIpc) is 2.91. The number of hydrogen-bond donors (Lipinski definition) is 2. The van der Waals surface area contributed by atoms with Crippen molar-refractivity contribution in [1.82, 2.24) is 19.8 Å². The van der Waals surface area contributed by atoms with Gasteiger partial charge >= 0.3 is 0 Å². The van der Waals surface area contributed by atoms with Gasteiger partial charge in [0.1, 0.15) is 0 Å². The molecule has 0 spiro atoms. The van der Waals surface area contributed by atoms with Crippen molar-refractivity contribution < 1.29 is 13.2 Å². The Balaban J connectivity index is 1.99. The minimum Gasteiger partial charge on any atom is -0.350 e. The smallest absolute Gasteiger partial charge is 0.272 e. The highest BCUT2D eigenvalue weighted by Gasteiger charge is 2.19. The van der Waals surface area contributed by atoms with E-state index in [4.69, 9.17) is 0 Å². The van der Waals surface area contributed by atoms with Gasteiger partial charge in [-0.2, -0.15) is 5.10 Å². The maximum atomic E-state index is 12.1. The van der Waals surface area contributed by atoms with Gasteiger partial charge in [0, 0.05) is 25.0 Å². The van der Waals surface area contributed by atoms with Crippen LogP contribution < -0.4 is 5.32 Å². The van der Waals surface area contributed by atoms with Crippen LogP contribution in [0.25, 0.3) is 10.9 Å². The summed E-state index contributed by atoms with van der Waals surface area (Å²) in [6.07, 6.45) is 0. The summed E-state index contributed by atoms with van der Waals surface area (Å²) in [6.45, 7) is 4.48. The highest BCUT2D eigenvalue weighted by atomic mass is 32.2. The van der Waals surface area contributed by atoms with E-state index in [9.17, 15) is 13.2 Å². The highest BCUT2D eigenvalue weighted by molar-refractivity contribution is 7.89. The largest absolute Gasteiger partial charge is 0.350 e. The molecule has 1 aromatic carbocycles. The van der Waals surface area contributed by atoms with Crippen LogP contribution in [0.3, 0.4) is 0 Å². The number of benzene rings is 1. The fourth-order valence-electron chi connectivity index (χ4n) is 2.26. The molecule has 2 aromatic rings. The number of aromatic amines is 1. The fraction of sp³-hybridized carbons (Fsp3) is 0.429. The first kappa shape index (κ1) is 16.4. The van der Waals surface area contributed by atoms with Gasteiger partial charge in [0.05, 0.1) is 11.3 Å². The Labute approximate surface area is 129 Å². The molecule has 1 amide bonds. The monoisotopic (exact) mass is 324 g/mol. The quantitative estimate of drug-likeness (QED) is 0.793. The number of fused-ring (bicyclic) bond motifs is 1. The summed E-state index contributed by atoms with van der Waals surface area (Å²) in [5, 5.41) is 10.1. The van der Waals surface area contributed by atoms with Crippen LogP contribution >= 0.6 is 0 Å². The number of amides is 1. The first-order valence-electron chi connectivity index (χ1n) is 7.18. The van der Waals surface area contributed by atoms with E-state index >= 15 is 0 Å². The number of carbonyl (C=O) groups is 1. The van der Waals surface area contributed by atoms with E-state index in [-0.39, 0.29) is 23.9 Å². The zero-order valence-corrected chi connectivity index (χ0v) is 13.5. The van der Waals surface area contributed by atoms with Crippen molar-refractivity contribution in [3.8, 4) is 0 Å². The predicted octanol–water partition coefficient (Wildman–Crippen LogP) is 0.964. The molecule has 0 aliphatic heterocycles. The Bertz CT molecular complexity index is 750. The van der Waals surface area contributed by atoms with Crippen molar-refractivity contribution in [1.29, 1.82) is 0 Å². The molecule has 22 heavy (non-hydrogen) atoms. The molecular formula is C14H20N4O3S. The molecule has 8 heteroatoms. The lowest BCUT2D eigenvalue weighted by molar-refractivity contribution is 0.0952. The minimum atomic E-state index is -3.34. The molecular weight excluding hydrogens is 304 g/mol. The van der Waals surface area contributed by atoms with E-state index < -0.39 is 10.0 Å². The highest BCUT2D eigenvalue weighted by Crippen LogP contribution is 2.14. The zero-order valence-electron chi connectivity index (χ0n) is 12.7. The number of rotatable bonds is 7. The number of H-pyrrole nitrogens is 1. The molecule has 120 valence electrons. The lowest BCUT2D eigenvalue weighted by Gasteiger charge is -2.18. The van der Waals surface area contributed by atoms with Crippen LogP contribution in [0.2, 0.25) is 0 Å².